The van der Waals surface area contributed by atoms with Crippen molar-refractivity contribution in [2.45, 2.75) is 20.4 Å². The van der Waals surface area contributed by atoms with E-state index in [1.54, 1.807) is 11.8 Å². The van der Waals surface area contributed by atoms with Gasteiger partial charge in [0.05, 0.1) is 12.2 Å². The second kappa shape index (κ2) is 6.72. The molecule has 1 heterocycles. The number of amides is 1. The summed E-state index contributed by atoms with van der Waals surface area (Å²) < 4.78 is 0. The zero-order valence-corrected chi connectivity index (χ0v) is 13.0. The first-order valence-electron chi connectivity index (χ1n) is 6.32. The molecule has 2 aromatic rings. The summed E-state index contributed by atoms with van der Waals surface area (Å²) in [5, 5.41) is 6.65. The first-order valence-corrected chi connectivity index (χ1v) is 7.58. The van der Waals surface area contributed by atoms with E-state index in [0.717, 1.165) is 16.5 Å². The Hall–Kier alpha value is -1.59. The van der Waals surface area contributed by atoms with E-state index in [4.69, 9.17) is 11.6 Å². The largest absolute Gasteiger partial charge is 0.379 e. The van der Waals surface area contributed by atoms with Crippen molar-refractivity contribution in [1.29, 1.82) is 0 Å². The van der Waals surface area contributed by atoms with Gasteiger partial charge in [0, 0.05) is 29.6 Å². The molecule has 4 nitrogen and oxygen atoms in total. The molecule has 0 saturated carbocycles. The van der Waals surface area contributed by atoms with Crippen molar-refractivity contribution in [2.24, 2.45) is 0 Å². The molecule has 0 aliphatic heterocycles. The molecule has 6 heteroatoms. The number of nitrogens with one attached hydrogen (secondary N) is 1. The van der Waals surface area contributed by atoms with Gasteiger partial charge in [-0.05, 0) is 25.1 Å². The molecular formula is C14H16ClN3OS. The Bertz CT molecular complexity index is 600. The molecule has 106 valence electrons. The Labute approximate surface area is 127 Å². The number of carbonyl (C=O) groups excluding carboxylic acids is 1. The molecule has 0 aliphatic carbocycles. The molecule has 0 radical (unpaired) electrons. The maximum absolute atomic E-state index is 11.5. The second-order valence-electron chi connectivity index (χ2n) is 4.25. The highest BCUT2D eigenvalue weighted by Gasteiger charge is 2.13. The summed E-state index contributed by atoms with van der Waals surface area (Å²) in [4.78, 5) is 17.6. The van der Waals surface area contributed by atoms with Crippen LogP contribution in [0.4, 0.5) is 10.8 Å². The van der Waals surface area contributed by atoms with Crippen LogP contribution in [-0.2, 0) is 11.3 Å². The summed E-state index contributed by atoms with van der Waals surface area (Å²) in [6, 6.07) is 7.54. The summed E-state index contributed by atoms with van der Waals surface area (Å²) in [6.07, 6.45) is 0. The third-order valence-corrected chi connectivity index (χ3v) is 3.91. The molecule has 1 N–H and O–H groups in total. The van der Waals surface area contributed by atoms with E-state index in [-0.39, 0.29) is 5.91 Å². The highest BCUT2D eigenvalue weighted by Crippen LogP contribution is 2.22. The van der Waals surface area contributed by atoms with Crippen LogP contribution in [0.25, 0.3) is 0 Å². The van der Waals surface area contributed by atoms with Crippen molar-refractivity contribution < 1.29 is 4.79 Å². The monoisotopic (exact) mass is 309 g/mol. The molecule has 0 atom stereocenters. The van der Waals surface area contributed by atoms with E-state index in [2.05, 4.69) is 10.3 Å². The van der Waals surface area contributed by atoms with Gasteiger partial charge in [0.2, 0.25) is 5.91 Å². The summed E-state index contributed by atoms with van der Waals surface area (Å²) in [6.45, 7) is 4.72. The van der Waals surface area contributed by atoms with Crippen molar-refractivity contribution in [3.05, 3.63) is 40.4 Å². The van der Waals surface area contributed by atoms with Gasteiger partial charge in [0.15, 0.2) is 5.13 Å². The lowest BCUT2D eigenvalue weighted by Crippen LogP contribution is -2.27. The Morgan fingerprint density at radius 2 is 2.30 bits per heavy atom. The number of carbonyl (C=O) groups is 1. The van der Waals surface area contributed by atoms with Gasteiger partial charge in [0.1, 0.15) is 0 Å². The average molecular weight is 310 g/mol. The number of nitrogens with zero attached hydrogens (tertiary/aromatic N) is 2. The number of hydrogen-bond acceptors (Lipinski definition) is 4. The molecule has 0 bridgehead atoms. The Morgan fingerprint density at radius 3 is 2.95 bits per heavy atom. The average Bonchev–Trinajstić information content (AvgIpc) is 2.85. The number of aromatic nitrogens is 1. The van der Waals surface area contributed by atoms with Gasteiger partial charge in [-0.2, -0.15) is 0 Å². The van der Waals surface area contributed by atoms with E-state index in [9.17, 15) is 4.79 Å². The summed E-state index contributed by atoms with van der Waals surface area (Å²) >= 11 is 7.40. The quantitative estimate of drug-likeness (QED) is 0.914. The third kappa shape index (κ3) is 3.71. The van der Waals surface area contributed by atoms with Crippen LogP contribution in [0.1, 0.15) is 19.5 Å². The maximum Gasteiger partial charge on any atom is 0.225 e. The topological polar surface area (TPSA) is 45.2 Å². The number of thiazole rings is 1. The normalized spacial score (nSPS) is 10.3. The van der Waals surface area contributed by atoms with Crippen molar-refractivity contribution in [1.82, 2.24) is 4.98 Å². The van der Waals surface area contributed by atoms with E-state index in [1.165, 1.54) is 11.3 Å². The number of rotatable bonds is 5. The van der Waals surface area contributed by atoms with Crippen LogP contribution in [0.3, 0.4) is 0 Å². The van der Waals surface area contributed by atoms with Crippen LogP contribution >= 0.6 is 22.9 Å². The van der Waals surface area contributed by atoms with E-state index in [1.807, 2.05) is 36.6 Å². The van der Waals surface area contributed by atoms with E-state index < -0.39 is 0 Å². The minimum atomic E-state index is 0.0104. The van der Waals surface area contributed by atoms with Crippen LogP contribution in [0.2, 0.25) is 5.02 Å². The predicted molar refractivity (Wildman–Crippen MR) is 84.6 cm³/mol. The first-order chi connectivity index (χ1) is 9.60. The third-order valence-electron chi connectivity index (χ3n) is 2.77. The van der Waals surface area contributed by atoms with Gasteiger partial charge in [-0.15, -0.1) is 11.3 Å². The summed E-state index contributed by atoms with van der Waals surface area (Å²) in [5.74, 6) is 0.0104. The SMILES string of the molecule is CCN(C(C)=O)c1nc(CNc2cccc(Cl)c2)cs1. The van der Waals surface area contributed by atoms with Crippen LogP contribution < -0.4 is 10.2 Å². The molecule has 0 aliphatic rings. The molecule has 0 saturated heterocycles. The van der Waals surface area contributed by atoms with Crippen LogP contribution in [0, 0.1) is 0 Å². The zero-order chi connectivity index (χ0) is 14.5. The van der Waals surface area contributed by atoms with Crippen molar-refractivity contribution in [3.8, 4) is 0 Å². The minimum Gasteiger partial charge on any atom is -0.379 e. The molecule has 0 unspecified atom stereocenters. The van der Waals surface area contributed by atoms with Gasteiger partial charge in [-0.25, -0.2) is 4.98 Å². The Kier molecular flexibility index (Phi) is 4.98. The molecule has 20 heavy (non-hydrogen) atoms. The standard InChI is InChI=1S/C14H16ClN3OS/c1-3-18(10(2)19)14-17-13(9-20-14)8-16-12-6-4-5-11(15)7-12/h4-7,9,16H,3,8H2,1-2H3. The van der Waals surface area contributed by atoms with Gasteiger partial charge in [-0.3, -0.25) is 9.69 Å². The molecular weight excluding hydrogens is 294 g/mol. The van der Waals surface area contributed by atoms with E-state index in [0.29, 0.717) is 18.1 Å². The van der Waals surface area contributed by atoms with Crippen LogP contribution in [0.5, 0.6) is 0 Å². The fourth-order valence-corrected chi connectivity index (χ4v) is 2.91. The molecule has 0 spiro atoms. The Balaban J connectivity index is 2.01. The molecule has 0 fully saturated rings. The van der Waals surface area contributed by atoms with Gasteiger partial charge in [-0.1, -0.05) is 17.7 Å². The van der Waals surface area contributed by atoms with Gasteiger partial charge in [0.25, 0.3) is 0 Å². The fourth-order valence-electron chi connectivity index (χ4n) is 1.79. The minimum absolute atomic E-state index is 0.0104. The fraction of sp³-hybridized carbons (Fsp3) is 0.286. The number of hydrogen-bond donors (Lipinski definition) is 1. The lowest BCUT2D eigenvalue weighted by molar-refractivity contribution is -0.116. The van der Waals surface area contributed by atoms with Crippen molar-refractivity contribution in [3.63, 3.8) is 0 Å². The highest BCUT2D eigenvalue weighted by atomic mass is 35.5. The summed E-state index contributed by atoms with van der Waals surface area (Å²) in [7, 11) is 0. The van der Waals surface area contributed by atoms with Crippen molar-refractivity contribution >= 4 is 39.7 Å². The lowest BCUT2D eigenvalue weighted by atomic mass is 10.3. The zero-order valence-electron chi connectivity index (χ0n) is 11.4. The lowest BCUT2D eigenvalue weighted by Gasteiger charge is -2.14. The molecule has 2 rings (SSSR count). The highest BCUT2D eigenvalue weighted by molar-refractivity contribution is 7.14. The summed E-state index contributed by atoms with van der Waals surface area (Å²) in [5.41, 5.74) is 1.86. The van der Waals surface area contributed by atoms with Gasteiger partial charge < -0.3 is 5.32 Å². The maximum atomic E-state index is 11.5. The number of anilines is 2. The van der Waals surface area contributed by atoms with Crippen LogP contribution in [0.15, 0.2) is 29.6 Å². The molecule has 1 aromatic heterocycles. The second-order valence-corrected chi connectivity index (χ2v) is 5.52. The smallest absolute Gasteiger partial charge is 0.225 e. The molecule has 1 amide bonds. The number of halogens is 1. The number of benzene rings is 1. The first kappa shape index (κ1) is 14.8. The van der Waals surface area contributed by atoms with E-state index >= 15 is 0 Å². The van der Waals surface area contributed by atoms with Crippen LogP contribution in [-0.4, -0.2) is 17.4 Å². The van der Waals surface area contributed by atoms with Gasteiger partial charge >= 0.3 is 0 Å². The molecule has 1 aromatic carbocycles. The Morgan fingerprint density at radius 1 is 1.50 bits per heavy atom. The predicted octanol–water partition coefficient (Wildman–Crippen LogP) is 3.78. The van der Waals surface area contributed by atoms with Crippen molar-refractivity contribution in [2.75, 3.05) is 16.8 Å².